The number of hydrogen-bond acceptors (Lipinski definition) is 1. The van der Waals surface area contributed by atoms with Crippen LogP contribution < -0.4 is 5.32 Å². The quantitative estimate of drug-likeness (QED) is 0.641. The van der Waals surface area contributed by atoms with E-state index in [-0.39, 0.29) is 0 Å². The fourth-order valence-electron chi connectivity index (χ4n) is 4.27. The predicted octanol–water partition coefficient (Wildman–Crippen LogP) is 5.01. The molecule has 2 unspecified atom stereocenters. The lowest BCUT2D eigenvalue weighted by molar-refractivity contribution is 0.139. The topological polar surface area (TPSA) is 12.0 Å². The van der Waals surface area contributed by atoms with Gasteiger partial charge < -0.3 is 5.32 Å². The summed E-state index contributed by atoms with van der Waals surface area (Å²) in [5.74, 6) is 1.71. The third kappa shape index (κ3) is 4.26. The zero-order valence-electron chi connectivity index (χ0n) is 13.4. The van der Waals surface area contributed by atoms with Gasteiger partial charge in [0.25, 0.3) is 0 Å². The number of rotatable bonds is 8. The van der Waals surface area contributed by atoms with E-state index in [9.17, 15) is 0 Å². The Morgan fingerprint density at radius 2 is 1.72 bits per heavy atom. The minimum absolute atomic E-state index is 0.602. The molecule has 1 heteroatoms. The van der Waals surface area contributed by atoms with Gasteiger partial charge in [0.1, 0.15) is 0 Å². The van der Waals surface area contributed by atoms with Crippen molar-refractivity contribution in [1.29, 1.82) is 0 Å². The molecule has 0 amide bonds. The normalized spacial score (nSPS) is 22.3. The molecular formula is C17H35N. The Balaban J connectivity index is 2.68. The second-order valence-corrected chi connectivity index (χ2v) is 7.14. The molecule has 1 N–H and O–H groups in total. The number of nitrogens with one attached hydrogen (secondary N) is 1. The highest BCUT2D eigenvalue weighted by Crippen LogP contribution is 2.47. The zero-order valence-corrected chi connectivity index (χ0v) is 13.4. The lowest BCUT2D eigenvalue weighted by Gasteiger charge is -2.40. The van der Waals surface area contributed by atoms with Crippen molar-refractivity contribution in [3.63, 3.8) is 0 Å². The minimum Gasteiger partial charge on any atom is -0.316 e. The Kier molecular flexibility index (Phi) is 6.70. The van der Waals surface area contributed by atoms with E-state index >= 15 is 0 Å². The molecule has 0 spiro atoms. The van der Waals surface area contributed by atoms with E-state index in [0.29, 0.717) is 5.41 Å². The van der Waals surface area contributed by atoms with Crippen LogP contribution in [0.15, 0.2) is 0 Å². The van der Waals surface area contributed by atoms with Crippen LogP contribution in [0, 0.1) is 17.3 Å². The molecule has 108 valence electrons. The van der Waals surface area contributed by atoms with Crippen molar-refractivity contribution in [2.75, 3.05) is 7.05 Å². The van der Waals surface area contributed by atoms with E-state index in [4.69, 9.17) is 0 Å². The van der Waals surface area contributed by atoms with Gasteiger partial charge in [-0.3, -0.25) is 0 Å². The smallest absolute Gasteiger partial charge is 0.0123 e. The van der Waals surface area contributed by atoms with Crippen LogP contribution in [0.4, 0.5) is 0 Å². The highest BCUT2D eigenvalue weighted by molar-refractivity contribution is 4.95. The van der Waals surface area contributed by atoms with Crippen LogP contribution in [0.3, 0.4) is 0 Å². The molecule has 18 heavy (non-hydrogen) atoms. The van der Waals surface area contributed by atoms with Gasteiger partial charge in [0.15, 0.2) is 0 Å². The summed E-state index contributed by atoms with van der Waals surface area (Å²) < 4.78 is 0. The molecular weight excluding hydrogens is 218 g/mol. The van der Waals surface area contributed by atoms with E-state index in [1.807, 2.05) is 0 Å². The average Bonchev–Trinajstić information content (AvgIpc) is 2.74. The van der Waals surface area contributed by atoms with Crippen LogP contribution in [0.2, 0.25) is 0 Å². The van der Waals surface area contributed by atoms with Gasteiger partial charge in [-0.1, -0.05) is 53.4 Å². The Morgan fingerprint density at radius 3 is 2.17 bits per heavy atom. The Labute approximate surface area is 115 Å². The Bertz CT molecular complexity index is 216. The first kappa shape index (κ1) is 16.0. The summed E-state index contributed by atoms with van der Waals surface area (Å²) >= 11 is 0. The largest absolute Gasteiger partial charge is 0.316 e. The molecule has 1 saturated carbocycles. The molecule has 2 atom stereocenters. The molecule has 1 aliphatic carbocycles. The molecule has 0 heterocycles. The van der Waals surface area contributed by atoms with Crippen LogP contribution in [-0.4, -0.2) is 13.1 Å². The first-order chi connectivity index (χ1) is 8.54. The summed E-state index contributed by atoms with van der Waals surface area (Å²) in [6, 6.07) is 0.740. The van der Waals surface area contributed by atoms with Crippen molar-refractivity contribution in [3.8, 4) is 0 Å². The van der Waals surface area contributed by atoms with Crippen LogP contribution in [-0.2, 0) is 0 Å². The van der Waals surface area contributed by atoms with Gasteiger partial charge in [0, 0.05) is 6.04 Å². The van der Waals surface area contributed by atoms with Crippen molar-refractivity contribution < 1.29 is 0 Å². The summed E-state index contributed by atoms with van der Waals surface area (Å²) in [5.41, 5.74) is 0.602. The second kappa shape index (κ2) is 7.53. The van der Waals surface area contributed by atoms with Gasteiger partial charge in [0.2, 0.25) is 0 Å². The molecule has 0 aromatic heterocycles. The SMILES string of the molecule is CCCC(C)CC(NC)C1(CC(C)C)CCCC1. The monoisotopic (exact) mass is 253 g/mol. The molecule has 1 nitrogen and oxygen atoms in total. The minimum atomic E-state index is 0.602. The fraction of sp³-hybridized carbons (Fsp3) is 1.00. The van der Waals surface area contributed by atoms with Crippen LogP contribution >= 0.6 is 0 Å². The second-order valence-electron chi connectivity index (χ2n) is 7.14. The molecule has 0 radical (unpaired) electrons. The summed E-state index contributed by atoms with van der Waals surface area (Å²) in [6.45, 7) is 9.53. The third-order valence-electron chi connectivity index (χ3n) is 4.92. The van der Waals surface area contributed by atoms with Crippen LogP contribution in [0.5, 0.6) is 0 Å². The highest BCUT2D eigenvalue weighted by Gasteiger charge is 2.40. The van der Waals surface area contributed by atoms with Gasteiger partial charge in [0.05, 0.1) is 0 Å². The molecule has 1 aliphatic rings. The summed E-state index contributed by atoms with van der Waals surface area (Å²) in [4.78, 5) is 0. The maximum atomic E-state index is 3.68. The predicted molar refractivity (Wildman–Crippen MR) is 81.9 cm³/mol. The van der Waals surface area contributed by atoms with Crippen molar-refractivity contribution in [1.82, 2.24) is 5.32 Å². The van der Waals surface area contributed by atoms with E-state index in [1.54, 1.807) is 0 Å². The first-order valence-electron chi connectivity index (χ1n) is 8.21. The summed E-state index contributed by atoms with van der Waals surface area (Å²) in [7, 11) is 2.18. The van der Waals surface area contributed by atoms with Crippen molar-refractivity contribution in [3.05, 3.63) is 0 Å². The molecule has 0 saturated heterocycles. The van der Waals surface area contributed by atoms with E-state index in [1.165, 1.54) is 51.4 Å². The van der Waals surface area contributed by atoms with Crippen molar-refractivity contribution in [2.45, 2.75) is 85.1 Å². The highest BCUT2D eigenvalue weighted by atomic mass is 14.9. The van der Waals surface area contributed by atoms with E-state index in [2.05, 4.69) is 40.1 Å². The molecule has 0 aromatic rings. The maximum absolute atomic E-state index is 3.68. The molecule has 0 bridgehead atoms. The Morgan fingerprint density at radius 1 is 1.11 bits per heavy atom. The van der Waals surface area contributed by atoms with Crippen LogP contribution in [0.25, 0.3) is 0 Å². The van der Waals surface area contributed by atoms with Gasteiger partial charge >= 0.3 is 0 Å². The van der Waals surface area contributed by atoms with E-state index in [0.717, 1.165) is 17.9 Å². The average molecular weight is 253 g/mol. The summed E-state index contributed by atoms with van der Waals surface area (Å²) in [5, 5.41) is 3.68. The zero-order chi connectivity index (χ0) is 13.6. The fourth-order valence-corrected chi connectivity index (χ4v) is 4.27. The molecule has 0 aromatic carbocycles. The van der Waals surface area contributed by atoms with Crippen molar-refractivity contribution >= 4 is 0 Å². The first-order valence-corrected chi connectivity index (χ1v) is 8.21. The molecule has 1 rings (SSSR count). The molecule has 0 aliphatic heterocycles. The third-order valence-corrected chi connectivity index (χ3v) is 4.92. The van der Waals surface area contributed by atoms with Crippen LogP contribution in [0.1, 0.15) is 79.1 Å². The van der Waals surface area contributed by atoms with Gasteiger partial charge in [-0.05, 0) is 50.0 Å². The van der Waals surface area contributed by atoms with E-state index < -0.39 is 0 Å². The van der Waals surface area contributed by atoms with Gasteiger partial charge in [-0.25, -0.2) is 0 Å². The Hall–Kier alpha value is -0.0400. The number of hydrogen-bond donors (Lipinski definition) is 1. The maximum Gasteiger partial charge on any atom is 0.0123 e. The molecule has 1 fully saturated rings. The standard InChI is InChI=1S/C17H35N/c1-6-9-15(4)12-16(18-5)17(13-14(2)3)10-7-8-11-17/h14-16,18H,6-13H2,1-5H3. The van der Waals surface area contributed by atoms with Crippen molar-refractivity contribution in [2.24, 2.45) is 17.3 Å². The van der Waals surface area contributed by atoms with Gasteiger partial charge in [-0.15, -0.1) is 0 Å². The lowest BCUT2D eigenvalue weighted by atomic mass is 9.70. The van der Waals surface area contributed by atoms with Gasteiger partial charge in [-0.2, -0.15) is 0 Å². The lowest BCUT2D eigenvalue weighted by Crippen LogP contribution is -2.44. The summed E-state index contributed by atoms with van der Waals surface area (Å²) in [6.07, 6.45) is 11.3.